The lowest BCUT2D eigenvalue weighted by Gasteiger charge is -2.41. The van der Waals surface area contributed by atoms with Crippen LogP contribution in [0.25, 0.3) is 0 Å². The lowest BCUT2D eigenvalue weighted by Crippen LogP contribution is -2.60. The van der Waals surface area contributed by atoms with E-state index in [-0.39, 0.29) is 0 Å². The summed E-state index contributed by atoms with van der Waals surface area (Å²) in [4.78, 5) is 0. The van der Waals surface area contributed by atoms with Crippen molar-refractivity contribution in [1.82, 2.24) is 0 Å². The Morgan fingerprint density at radius 2 is 0.886 bits per heavy atom. The summed E-state index contributed by atoms with van der Waals surface area (Å²) >= 11 is 0. The molecule has 192 valence electrons. The zero-order valence-corrected chi connectivity index (χ0v) is 26.6. The number of epoxide rings is 2. The highest BCUT2D eigenvalue weighted by Crippen LogP contribution is 2.25. The van der Waals surface area contributed by atoms with Gasteiger partial charge in [0.2, 0.25) is 16.6 Å². The first-order valence-electron chi connectivity index (χ1n) is 12.8. The van der Waals surface area contributed by atoms with E-state index in [9.17, 15) is 0 Å². The molecule has 0 aromatic heterocycles. The van der Waals surface area contributed by atoms with Crippen LogP contribution in [0.5, 0.6) is 0 Å². The number of hydrogen-bond acceptors (Lipinski definition) is 5. The minimum absolute atomic E-state index is 0.414. The highest BCUT2D eigenvalue weighted by molar-refractivity contribution is 6.95. The second-order valence-corrected chi connectivity index (χ2v) is 27.1. The molecule has 2 heterocycles. The summed E-state index contributed by atoms with van der Waals surface area (Å²) in [6.45, 7) is 19.5. The molecule has 0 N–H and O–H groups in total. The standard InChI is InChI=1S/C26H42O5Si4/c1-32(2,25-13-9-21(10-14-25)17-23-19-27-23)29-34(5,6)31-35(7,8)30-33(3,4)26-15-11-22(12-16-26)18-24-20-28-24/h9-16,23-24H,17-20H2,1-8H3. The van der Waals surface area contributed by atoms with Gasteiger partial charge in [-0.3, -0.25) is 0 Å². The molecule has 2 aromatic carbocycles. The SMILES string of the molecule is C[Si](C)(O[Si](C)(C)O[Si](C)(C)c1ccc(CC2CO2)cc1)O[Si](C)(C)c1ccc(CC2CO2)cc1. The van der Waals surface area contributed by atoms with Gasteiger partial charge in [0.1, 0.15) is 0 Å². The van der Waals surface area contributed by atoms with E-state index in [0.717, 1.165) is 26.1 Å². The molecule has 0 aliphatic carbocycles. The molecule has 0 bridgehead atoms. The predicted molar refractivity (Wildman–Crippen MR) is 152 cm³/mol. The van der Waals surface area contributed by atoms with Crippen molar-refractivity contribution in [3.05, 3.63) is 59.7 Å². The third kappa shape index (κ3) is 8.04. The molecule has 5 nitrogen and oxygen atoms in total. The Bertz CT molecular complexity index is 916. The minimum Gasteiger partial charge on any atom is -0.433 e. The van der Waals surface area contributed by atoms with Crippen LogP contribution in [0.2, 0.25) is 52.4 Å². The largest absolute Gasteiger partial charge is 0.433 e. The first-order chi connectivity index (χ1) is 16.2. The summed E-state index contributed by atoms with van der Waals surface area (Å²) < 4.78 is 31.2. The molecule has 0 spiro atoms. The smallest absolute Gasteiger partial charge is 0.312 e. The topological polar surface area (TPSA) is 52.8 Å². The van der Waals surface area contributed by atoms with Gasteiger partial charge in [0.05, 0.1) is 25.4 Å². The zero-order valence-electron chi connectivity index (χ0n) is 22.6. The van der Waals surface area contributed by atoms with Crippen molar-refractivity contribution in [3.63, 3.8) is 0 Å². The molecule has 0 amide bonds. The van der Waals surface area contributed by atoms with E-state index in [1.807, 2.05) is 0 Å². The maximum atomic E-state index is 6.85. The second kappa shape index (κ2) is 10.1. The highest BCUT2D eigenvalue weighted by atomic mass is 28.5. The average molecular weight is 547 g/mol. The van der Waals surface area contributed by atoms with E-state index in [0.29, 0.717) is 12.2 Å². The Labute approximate surface area is 215 Å². The Hall–Kier alpha value is -0.892. The van der Waals surface area contributed by atoms with Gasteiger partial charge in [-0.15, -0.1) is 0 Å². The van der Waals surface area contributed by atoms with E-state index >= 15 is 0 Å². The summed E-state index contributed by atoms with van der Waals surface area (Å²) in [6, 6.07) is 17.9. The molecular formula is C26H42O5Si4. The third-order valence-corrected chi connectivity index (χ3v) is 21.9. The lowest BCUT2D eigenvalue weighted by atomic mass is 10.1. The van der Waals surface area contributed by atoms with Crippen LogP contribution in [-0.4, -0.2) is 59.2 Å². The van der Waals surface area contributed by atoms with Gasteiger partial charge >= 0.3 is 17.1 Å². The molecule has 2 fully saturated rings. The minimum atomic E-state index is -2.42. The Kier molecular flexibility index (Phi) is 7.84. The number of benzene rings is 2. The number of hydrogen-bond donors (Lipinski definition) is 0. The van der Waals surface area contributed by atoms with Gasteiger partial charge in [0, 0.05) is 12.8 Å². The average Bonchev–Trinajstić information content (AvgIpc) is 3.63. The van der Waals surface area contributed by atoms with Crippen LogP contribution < -0.4 is 10.4 Å². The van der Waals surface area contributed by atoms with Crippen molar-refractivity contribution < 1.29 is 21.8 Å². The van der Waals surface area contributed by atoms with Gasteiger partial charge in [-0.05, 0) is 73.9 Å². The van der Waals surface area contributed by atoms with Crippen molar-refractivity contribution in [2.45, 2.75) is 77.4 Å². The monoisotopic (exact) mass is 546 g/mol. The fourth-order valence-corrected chi connectivity index (χ4v) is 23.5. The fourth-order valence-electron chi connectivity index (χ4n) is 4.96. The zero-order chi connectivity index (χ0) is 25.5. The molecule has 2 atom stereocenters. The van der Waals surface area contributed by atoms with E-state index < -0.39 is 33.8 Å². The van der Waals surface area contributed by atoms with Gasteiger partial charge in [0.15, 0.2) is 0 Å². The Balaban J connectivity index is 1.37. The molecular weight excluding hydrogens is 505 g/mol. The van der Waals surface area contributed by atoms with E-state index in [4.69, 9.17) is 21.8 Å². The van der Waals surface area contributed by atoms with Crippen LogP contribution in [0.15, 0.2) is 48.5 Å². The van der Waals surface area contributed by atoms with Gasteiger partial charge in [-0.25, -0.2) is 0 Å². The van der Waals surface area contributed by atoms with E-state index in [2.05, 4.69) is 101 Å². The van der Waals surface area contributed by atoms with Gasteiger partial charge < -0.3 is 21.8 Å². The van der Waals surface area contributed by atoms with Crippen molar-refractivity contribution in [1.29, 1.82) is 0 Å². The second-order valence-electron chi connectivity index (χ2n) is 11.8. The van der Waals surface area contributed by atoms with Crippen molar-refractivity contribution in [2.24, 2.45) is 0 Å². The quantitative estimate of drug-likeness (QED) is 0.289. The van der Waals surface area contributed by atoms with Crippen LogP contribution in [-0.2, 0) is 34.7 Å². The van der Waals surface area contributed by atoms with Crippen LogP contribution in [0.4, 0.5) is 0 Å². The van der Waals surface area contributed by atoms with Gasteiger partial charge in [-0.2, -0.15) is 0 Å². The first-order valence-corrected chi connectivity index (χ1v) is 24.2. The molecule has 35 heavy (non-hydrogen) atoms. The number of rotatable bonds is 12. The van der Waals surface area contributed by atoms with Crippen LogP contribution in [0.1, 0.15) is 11.1 Å². The Morgan fingerprint density at radius 1 is 0.571 bits per heavy atom. The first kappa shape index (κ1) is 27.2. The molecule has 2 saturated heterocycles. The van der Waals surface area contributed by atoms with E-state index in [1.54, 1.807) is 0 Å². The summed E-state index contributed by atoms with van der Waals surface area (Å²) in [5.41, 5.74) is 2.66. The number of ether oxygens (including phenoxy) is 2. The third-order valence-electron chi connectivity index (χ3n) is 6.52. The summed E-state index contributed by atoms with van der Waals surface area (Å²) in [5.74, 6) is 0. The summed E-state index contributed by atoms with van der Waals surface area (Å²) in [5, 5.41) is 2.60. The highest BCUT2D eigenvalue weighted by Gasteiger charge is 2.44. The van der Waals surface area contributed by atoms with Gasteiger partial charge in [0.25, 0.3) is 0 Å². The molecule has 2 aliphatic rings. The van der Waals surface area contributed by atoms with Crippen molar-refractivity contribution in [2.75, 3.05) is 13.2 Å². The normalized spacial score (nSPS) is 20.7. The van der Waals surface area contributed by atoms with Crippen molar-refractivity contribution in [3.8, 4) is 0 Å². The lowest BCUT2D eigenvalue weighted by molar-refractivity contribution is 0.334. The molecule has 9 heteroatoms. The molecule has 2 aliphatic heterocycles. The molecule has 4 rings (SSSR count). The summed E-state index contributed by atoms with van der Waals surface area (Å²) in [7, 11) is -9.09. The molecule has 0 saturated carbocycles. The molecule has 2 unspecified atom stereocenters. The maximum absolute atomic E-state index is 6.85. The van der Waals surface area contributed by atoms with Gasteiger partial charge in [-0.1, -0.05) is 48.5 Å². The van der Waals surface area contributed by atoms with Crippen LogP contribution in [0.3, 0.4) is 0 Å². The maximum Gasteiger partial charge on any atom is 0.312 e. The van der Waals surface area contributed by atoms with E-state index in [1.165, 1.54) is 21.5 Å². The van der Waals surface area contributed by atoms with Crippen molar-refractivity contribution >= 4 is 44.1 Å². The fraction of sp³-hybridized carbons (Fsp3) is 0.538. The van der Waals surface area contributed by atoms with Crippen LogP contribution >= 0.6 is 0 Å². The van der Waals surface area contributed by atoms with Crippen LogP contribution in [0, 0.1) is 0 Å². The molecule has 0 radical (unpaired) electrons. The predicted octanol–water partition coefficient (Wildman–Crippen LogP) is 4.55. The Morgan fingerprint density at radius 3 is 1.17 bits per heavy atom. The summed E-state index contributed by atoms with van der Waals surface area (Å²) in [6.07, 6.45) is 2.83. The molecule has 2 aromatic rings.